The molecule has 0 saturated carbocycles. The van der Waals surface area contributed by atoms with E-state index in [1.807, 2.05) is 42.2 Å². The molecule has 2 unspecified atom stereocenters. The third kappa shape index (κ3) is 3.22. The molecule has 0 bridgehead atoms. The second kappa shape index (κ2) is 5.99. The van der Waals surface area contributed by atoms with Crippen LogP contribution in [0.1, 0.15) is 24.4 Å². The van der Waals surface area contributed by atoms with Crippen molar-refractivity contribution in [3.63, 3.8) is 0 Å². The van der Waals surface area contributed by atoms with E-state index in [2.05, 4.69) is 36.0 Å². The van der Waals surface area contributed by atoms with Gasteiger partial charge in [0, 0.05) is 31.5 Å². The summed E-state index contributed by atoms with van der Waals surface area (Å²) >= 11 is 0. The maximum absolute atomic E-state index is 6.34. The summed E-state index contributed by atoms with van der Waals surface area (Å²) in [6, 6.07) is 10.5. The number of benzene rings is 1. The molecule has 0 amide bonds. The van der Waals surface area contributed by atoms with E-state index in [1.54, 1.807) is 0 Å². The minimum Gasteiger partial charge on any atom is -0.337 e. The first-order valence-electron chi connectivity index (χ1n) is 6.56. The van der Waals surface area contributed by atoms with Gasteiger partial charge in [-0.2, -0.15) is 0 Å². The van der Waals surface area contributed by atoms with Gasteiger partial charge in [-0.1, -0.05) is 30.3 Å². The van der Waals surface area contributed by atoms with Crippen molar-refractivity contribution in [2.75, 3.05) is 7.05 Å². The Balaban J connectivity index is 2.03. The van der Waals surface area contributed by atoms with Gasteiger partial charge in [0.2, 0.25) is 0 Å². The summed E-state index contributed by atoms with van der Waals surface area (Å²) in [6.07, 6.45) is 3.79. The molecule has 2 atom stereocenters. The van der Waals surface area contributed by atoms with Gasteiger partial charge in [0.15, 0.2) is 0 Å². The molecule has 0 aliphatic carbocycles. The van der Waals surface area contributed by atoms with E-state index in [9.17, 15) is 0 Å². The quantitative estimate of drug-likeness (QED) is 0.891. The first kappa shape index (κ1) is 13.8. The predicted molar refractivity (Wildman–Crippen MR) is 77.5 cm³/mol. The lowest BCUT2D eigenvalue weighted by Gasteiger charge is -2.29. The zero-order chi connectivity index (χ0) is 13.8. The molecule has 102 valence electrons. The van der Waals surface area contributed by atoms with E-state index in [0.29, 0.717) is 0 Å². The summed E-state index contributed by atoms with van der Waals surface area (Å²) < 4.78 is 2.04. The van der Waals surface area contributed by atoms with E-state index < -0.39 is 0 Å². The number of aryl methyl sites for hydroxylation is 1. The average molecular weight is 258 g/mol. The lowest BCUT2D eigenvalue weighted by molar-refractivity contribution is 0.212. The van der Waals surface area contributed by atoms with Crippen LogP contribution >= 0.6 is 0 Å². The highest BCUT2D eigenvalue weighted by Gasteiger charge is 2.19. The number of hydrogen-bond donors (Lipinski definition) is 1. The van der Waals surface area contributed by atoms with Crippen LogP contribution in [0.4, 0.5) is 0 Å². The lowest BCUT2D eigenvalue weighted by Crippen LogP contribution is -2.38. The fourth-order valence-electron chi connectivity index (χ4n) is 2.14. The van der Waals surface area contributed by atoms with Crippen molar-refractivity contribution in [1.82, 2.24) is 14.5 Å². The number of imidazole rings is 1. The van der Waals surface area contributed by atoms with E-state index in [0.717, 1.165) is 12.4 Å². The zero-order valence-electron chi connectivity index (χ0n) is 11.8. The topological polar surface area (TPSA) is 47.1 Å². The van der Waals surface area contributed by atoms with Gasteiger partial charge in [-0.25, -0.2) is 4.98 Å². The smallest absolute Gasteiger partial charge is 0.122 e. The maximum Gasteiger partial charge on any atom is 0.122 e. The molecule has 19 heavy (non-hydrogen) atoms. The van der Waals surface area contributed by atoms with Gasteiger partial charge in [-0.3, -0.25) is 4.90 Å². The van der Waals surface area contributed by atoms with E-state index in [-0.39, 0.29) is 12.1 Å². The second-order valence-electron chi connectivity index (χ2n) is 5.05. The molecule has 2 aromatic rings. The summed E-state index contributed by atoms with van der Waals surface area (Å²) in [5.41, 5.74) is 7.51. The Morgan fingerprint density at radius 3 is 2.58 bits per heavy atom. The van der Waals surface area contributed by atoms with Crippen molar-refractivity contribution in [2.45, 2.75) is 25.6 Å². The summed E-state index contributed by atoms with van der Waals surface area (Å²) in [7, 11) is 4.10. The molecule has 0 radical (unpaired) electrons. The van der Waals surface area contributed by atoms with Crippen molar-refractivity contribution < 1.29 is 0 Å². The van der Waals surface area contributed by atoms with Crippen LogP contribution in [0, 0.1) is 0 Å². The Hall–Kier alpha value is -1.65. The standard InChI is InChI=1S/C15H22N4/c1-12(15(16)13-7-5-4-6-8-13)19(3)11-14-17-9-10-18(14)2/h4-10,12,15H,11,16H2,1-3H3. The number of nitrogens with zero attached hydrogens (tertiary/aromatic N) is 3. The number of hydrogen-bond acceptors (Lipinski definition) is 3. The van der Waals surface area contributed by atoms with E-state index in [4.69, 9.17) is 5.73 Å². The minimum absolute atomic E-state index is 0.00599. The Morgan fingerprint density at radius 1 is 1.32 bits per heavy atom. The summed E-state index contributed by atoms with van der Waals surface area (Å²) in [5, 5.41) is 0. The first-order chi connectivity index (χ1) is 9.09. The van der Waals surface area contributed by atoms with Crippen molar-refractivity contribution >= 4 is 0 Å². The fraction of sp³-hybridized carbons (Fsp3) is 0.400. The number of likely N-dealkylation sites (N-methyl/N-ethyl adjacent to an activating group) is 1. The summed E-state index contributed by atoms with van der Waals surface area (Å²) in [5.74, 6) is 1.05. The van der Waals surface area contributed by atoms with Crippen LogP contribution in [0.15, 0.2) is 42.7 Å². The van der Waals surface area contributed by atoms with Gasteiger partial charge >= 0.3 is 0 Å². The van der Waals surface area contributed by atoms with Gasteiger partial charge < -0.3 is 10.3 Å². The van der Waals surface area contributed by atoms with E-state index >= 15 is 0 Å². The second-order valence-corrected chi connectivity index (χ2v) is 5.05. The third-order valence-corrected chi connectivity index (χ3v) is 3.71. The monoisotopic (exact) mass is 258 g/mol. The van der Waals surface area contributed by atoms with Gasteiger partial charge in [0.25, 0.3) is 0 Å². The highest BCUT2D eigenvalue weighted by molar-refractivity contribution is 5.19. The lowest BCUT2D eigenvalue weighted by atomic mass is 10.0. The molecule has 0 spiro atoms. The van der Waals surface area contributed by atoms with Crippen LogP contribution < -0.4 is 5.73 Å². The summed E-state index contributed by atoms with van der Waals surface area (Å²) in [4.78, 5) is 6.59. The molecule has 2 N–H and O–H groups in total. The third-order valence-electron chi connectivity index (χ3n) is 3.71. The molecule has 1 aromatic carbocycles. The van der Waals surface area contributed by atoms with Crippen LogP contribution in [-0.4, -0.2) is 27.5 Å². The molecule has 0 aliphatic rings. The Morgan fingerprint density at radius 2 is 2.00 bits per heavy atom. The van der Waals surface area contributed by atoms with Crippen molar-refractivity contribution in [1.29, 1.82) is 0 Å². The molecule has 0 aliphatic heterocycles. The average Bonchev–Trinajstić information content (AvgIpc) is 2.83. The molecule has 4 nitrogen and oxygen atoms in total. The largest absolute Gasteiger partial charge is 0.337 e. The fourth-order valence-corrected chi connectivity index (χ4v) is 2.14. The van der Waals surface area contributed by atoms with Gasteiger partial charge in [-0.15, -0.1) is 0 Å². The molecule has 1 heterocycles. The number of aromatic nitrogens is 2. The Kier molecular flexibility index (Phi) is 4.35. The molecule has 4 heteroatoms. The van der Waals surface area contributed by atoms with Crippen LogP contribution in [0.3, 0.4) is 0 Å². The van der Waals surface area contributed by atoms with Crippen molar-refractivity contribution in [3.05, 3.63) is 54.1 Å². The molecule has 2 rings (SSSR count). The Bertz CT molecular complexity index is 506. The molecule has 0 saturated heterocycles. The maximum atomic E-state index is 6.34. The molecular formula is C15H22N4. The Labute approximate surface area is 114 Å². The van der Waals surface area contributed by atoms with Crippen LogP contribution in [0.5, 0.6) is 0 Å². The number of rotatable bonds is 5. The highest BCUT2D eigenvalue weighted by Crippen LogP contribution is 2.18. The number of nitrogens with two attached hydrogens (primary N) is 1. The van der Waals surface area contributed by atoms with Crippen molar-refractivity contribution in [2.24, 2.45) is 12.8 Å². The molecule has 1 aromatic heterocycles. The predicted octanol–water partition coefficient (Wildman–Crippen LogP) is 1.94. The van der Waals surface area contributed by atoms with Crippen LogP contribution in [0.25, 0.3) is 0 Å². The van der Waals surface area contributed by atoms with Gasteiger partial charge in [-0.05, 0) is 19.5 Å². The SMILES string of the molecule is CC(C(N)c1ccccc1)N(C)Cc1nccn1C. The normalized spacial score (nSPS) is 14.6. The summed E-state index contributed by atoms with van der Waals surface area (Å²) in [6.45, 7) is 2.95. The van der Waals surface area contributed by atoms with Gasteiger partial charge in [0.1, 0.15) is 5.82 Å². The minimum atomic E-state index is 0.00599. The zero-order valence-corrected chi connectivity index (χ0v) is 11.8. The van der Waals surface area contributed by atoms with E-state index in [1.165, 1.54) is 5.56 Å². The van der Waals surface area contributed by atoms with Crippen LogP contribution in [-0.2, 0) is 13.6 Å². The van der Waals surface area contributed by atoms with Crippen LogP contribution in [0.2, 0.25) is 0 Å². The van der Waals surface area contributed by atoms with Crippen molar-refractivity contribution in [3.8, 4) is 0 Å². The highest BCUT2D eigenvalue weighted by atomic mass is 15.2. The molecular weight excluding hydrogens is 236 g/mol. The molecule has 0 fully saturated rings. The first-order valence-corrected chi connectivity index (χ1v) is 6.56. The van der Waals surface area contributed by atoms with Gasteiger partial charge in [0.05, 0.1) is 6.54 Å².